The Bertz CT molecular complexity index is 557. The molecule has 2 aromatic carbocycles. The predicted molar refractivity (Wildman–Crippen MR) is 89.5 cm³/mol. The van der Waals surface area contributed by atoms with Crippen molar-refractivity contribution in [3.63, 3.8) is 0 Å². The lowest BCUT2D eigenvalue weighted by Gasteiger charge is -2.34. The molecule has 0 heterocycles. The lowest BCUT2D eigenvalue weighted by Crippen LogP contribution is -2.46. The molecule has 0 fully saturated rings. The van der Waals surface area contributed by atoms with Crippen LogP contribution in [0.3, 0.4) is 0 Å². The zero-order chi connectivity index (χ0) is 15.8. The van der Waals surface area contributed by atoms with Crippen LogP contribution >= 0.6 is 0 Å². The van der Waals surface area contributed by atoms with Gasteiger partial charge in [0.15, 0.2) is 0 Å². The van der Waals surface area contributed by atoms with E-state index in [-0.39, 0.29) is 12.7 Å². The van der Waals surface area contributed by atoms with Gasteiger partial charge in [0.2, 0.25) is 0 Å². The van der Waals surface area contributed by atoms with Gasteiger partial charge in [0.25, 0.3) is 0 Å². The van der Waals surface area contributed by atoms with Gasteiger partial charge in [-0.1, -0.05) is 66.6 Å². The molecular formula is C20H22O2. The Labute approximate surface area is 132 Å². The molecule has 0 saturated heterocycles. The number of ether oxygens (including phenoxy) is 1. The van der Waals surface area contributed by atoms with Gasteiger partial charge in [0.1, 0.15) is 6.61 Å². The lowest BCUT2D eigenvalue weighted by molar-refractivity contribution is -0.0918. The molecule has 1 atom stereocenters. The molecule has 0 aromatic heterocycles. The van der Waals surface area contributed by atoms with Crippen molar-refractivity contribution in [1.82, 2.24) is 0 Å². The molecule has 2 heteroatoms. The van der Waals surface area contributed by atoms with Crippen molar-refractivity contribution in [3.05, 3.63) is 71.8 Å². The first kappa shape index (κ1) is 16.3. The van der Waals surface area contributed by atoms with Gasteiger partial charge in [-0.15, -0.1) is 6.42 Å². The van der Waals surface area contributed by atoms with Crippen molar-refractivity contribution in [2.75, 3.05) is 6.61 Å². The first-order valence-electron chi connectivity index (χ1n) is 7.49. The maximum absolute atomic E-state index is 11.2. The molecule has 22 heavy (non-hydrogen) atoms. The number of aliphatic hydroxyl groups is 1. The molecule has 0 unspecified atom stereocenters. The van der Waals surface area contributed by atoms with Gasteiger partial charge in [-0.05, 0) is 18.1 Å². The van der Waals surface area contributed by atoms with E-state index in [2.05, 4.69) is 5.92 Å². The van der Waals surface area contributed by atoms with Crippen LogP contribution in [-0.2, 0) is 17.6 Å². The quantitative estimate of drug-likeness (QED) is 0.794. The van der Waals surface area contributed by atoms with Crippen molar-refractivity contribution in [2.45, 2.75) is 31.5 Å². The molecule has 0 saturated carbocycles. The molecule has 0 radical (unpaired) electrons. The highest BCUT2D eigenvalue weighted by atomic mass is 16.5. The first-order chi connectivity index (χ1) is 10.6. The first-order valence-corrected chi connectivity index (χ1v) is 7.49. The van der Waals surface area contributed by atoms with E-state index >= 15 is 0 Å². The third kappa shape index (κ3) is 4.46. The van der Waals surface area contributed by atoms with E-state index in [4.69, 9.17) is 11.2 Å². The second-order valence-electron chi connectivity index (χ2n) is 5.59. The second-order valence-corrected chi connectivity index (χ2v) is 5.59. The zero-order valence-electron chi connectivity index (χ0n) is 12.9. The molecule has 0 aliphatic carbocycles. The van der Waals surface area contributed by atoms with Gasteiger partial charge in [-0.3, -0.25) is 0 Å². The third-order valence-corrected chi connectivity index (χ3v) is 3.88. The standard InChI is InChI=1S/C20H22O2/c1-3-14-22-17(2)20(21,15-18-10-6-4-7-11-18)16-19-12-8-5-9-13-19/h1,4-13,17,21H,14-16H2,2H3/t17-/m1/s1. The van der Waals surface area contributed by atoms with Gasteiger partial charge in [0.05, 0.1) is 11.7 Å². The fourth-order valence-corrected chi connectivity index (χ4v) is 2.58. The number of benzene rings is 2. The Hall–Kier alpha value is -2.08. The van der Waals surface area contributed by atoms with Crippen LogP contribution in [0.5, 0.6) is 0 Å². The highest BCUT2D eigenvalue weighted by molar-refractivity contribution is 5.22. The minimum Gasteiger partial charge on any atom is -0.386 e. The van der Waals surface area contributed by atoms with E-state index < -0.39 is 5.60 Å². The van der Waals surface area contributed by atoms with E-state index in [0.717, 1.165) is 11.1 Å². The van der Waals surface area contributed by atoms with Gasteiger partial charge in [0, 0.05) is 12.8 Å². The van der Waals surface area contributed by atoms with Crippen LogP contribution in [0.25, 0.3) is 0 Å². The Morgan fingerprint density at radius 2 is 1.45 bits per heavy atom. The number of rotatable bonds is 7. The maximum Gasteiger partial charge on any atom is 0.107 e. The van der Waals surface area contributed by atoms with E-state index in [0.29, 0.717) is 12.8 Å². The summed E-state index contributed by atoms with van der Waals surface area (Å²) in [5.41, 5.74) is 1.16. The molecule has 0 aliphatic heterocycles. The summed E-state index contributed by atoms with van der Waals surface area (Å²) >= 11 is 0. The fraction of sp³-hybridized carbons (Fsp3) is 0.300. The van der Waals surface area contributed by atoms with Gasteiger partial charge >= 0.3 is 0 Å². The second kappa shape index (κ2) is 7.79. The summed E-state index contributed by atoms with van der Waals surface area (Å²) in [4.78, 5) is 0. The van der Waals surface area contributed by atoms with Crippen LogP contribution in [0, 0.1) is 12.3 Å². The van der Waals surface area contributed by atoms with E-state index in [1.54, 1.807) is 0 Å². The largest absolute Gasteiger partial charge is 0.386 e. The minimum atomic E-state index is -1.00. The topological polar surface area (TPSA) is 29.5 Å². The predicted octanol–water partition coefficient (Wildman–Crippen LogP) is 3.24. The van der Waals surface area contributed by atoms with Gasteiger partial charge in [-0.25, -0.2) is 0 Å². The molecule has 114 valence electrons. The summed E-state index contributed by atoms with van der Waals surface area (Å²) in [5.74, 6) is 2.47. The molecule has 0 spiro atoms. The third-order valence-electron chi connectivity index (χ3n) is 3.88. The molecule has 2 nitrogen and oxygen atoms in total. The van der Waals surface area contributed by atoms with Crippen molar-refractivity contribution in [2.24, 2.45) is 0 Å². The minimum absolute atomic E-state index is 0.201. The molecule has 2 aromatic rings. The summed E-state index contributed by atoms with van der Waals surface area (Å²) in [7, 11) is 0. The van der Waals surface area contributed by atoms with Gasteiger partial charge in [-0.2, -0.15) is 0 Å². The summed E-state index contributed by atoms with van der Waals surface area (Å²) < 4.78 is 5.61. The summed E-state index contributed by atoms with van der Waals surface area (Å²) in [6, 6.07) is 19.9. The monoisotopic (exact) mass is 294 g/mol. The summed E-state index contributed by atoms with van der Waals surface area (Å²) in [5, 5.41) is 11.2. The molecule has 1 N–H and O–H groups in total. The molecular weight excluding hydrogens is 272 g/mol. The highest BCUT2D eigenvalue weighted by Gasteiger charge is 2.35. The van der Waals surface area contributed by atoms with Crippen LogP contribution in [0.4, 0.5) is 0 Å². The number of hydrogen-bond acceptors (Lipinski definition) is 2. The maximum atomic E-state index is 11.2. The molecule has 2 rings (SSSR count). The lowest BCUT2D eigenvalue weighted by atomic mass is 9.84. The Morgan fingerprint density at radius 1 is 1.00 bits per heavy atom. The zero-order valence-corrected chi connectivity index (χ0v) is 12.9. The van der Waals surface area contributed by atoms with E-state index in [1.807, 2.05) is 67.6 Å². The smallest absolute Gasteiger partial charge is 0.107 e. The number of terminal acetylenes is 1. The Balaban J connectivity index is 2.21. The van der Waals surface area contributed by atoms with Crippen LogP contribution in [-0.4, -0.2) is 23.4 Å². The van der Waals surface area contributed by atoms with Crippen LogP contribution < -0.4 is 0 Å². The Morgan fingerprint density at radius 3 is 1.86 bits per heavy atom. The SMILES string of the molecule is C#CCO[C@H](C)C(O)(Cc1ccccc1)Cc1ccccc1. The van der Waals surface area contributed by atoms with Crippen LogP contribution in [0.1, 0.15) is 18.1 Å². The molecule has 0 aliphatic rings. The summed E-state index contributed by atoms with van der Waals surface area (Å²) in [6.07, 6.45) is 5.96. The summed E-state index contributed by atoms with van der Waals surface area (Å²) in [6.45, 7) is 2.08. The van der Waals surface area contributed by atoms with Gasteiger partial charge < -0.3 is 9.84 Å². The highest BCUT2D eigenvalue weighted by Crippen LogP contribution is 2.25. The average molecular weight is 294 g/mol. The van der Waals surface area contributed by atoms with Crippen molar-refractivity contribution in [3.8, 4) is 12.3 Å². The van der Waals surface area contributed by atoms with Crippen molar-refractivity contribution < 1.29 is 9.84 Å². The number of hydrogen-bond donors (Lipinski definition) is 1. The van der Waals surface area contributed by atoms with Crippen LogP contribution in [0.2, 0.25) is 0 Å². The normalized spacial score (nSPS) is 12.6. The molecule has 0 bridgehead atoms. The Kier molecular flexibility index (Phi) is 5.77. The fourth-order valence-electron chi connectivity index (χ4n) is 2.58. The average Bonchev–Trinajstić information content (AvgIpc) is 2.54. The van der Waals surface area contributed by atoms with E-state index in [1.165, 1.54) is 0 Å². The van der Waals surface area contributed by atoms with Crippen LogP contribution in [0.15, 0.2) is 60.7 Å². The van der Waals surface area contributed by atoms with E-state index in [9.17, 15) is 5.11 Å². The van der Waals surface area contributed by atoms with Crippen molar-refractivity contribution >= 4 is 0 Å². The van der Waals surface area contributed by atoms with Crippen molar-refractivity contribution in [1.29, 1.82) is 0 Å². The molecule has 0 amide bonds.